The third-order valence-electron chi connectivity index (χ3n) is 4.02. The summed E-state index contributed by atoms with van der Waals surface area (Å²) in [5, 5.41) is 4.08. The minimum absolute atomic E-state index is 0.168. The van der Waals surface area contributed by atoms with Crippen LogP contribution in [0.1, 0.15) is 36.0 Å². The maximum Gasteiger partial charge on any atom is 0.252 e. The van der Waals surface area contributed by atoms with E-state index in [9.17, 15) is 9.59 Å². The van der Waals surface area contributed by atoms with Gasteiger partial charge < -0.3 is 15.5 Å². The van der Waals surface area contributed by atoms with Crippen LogP contribution in [-0.4, -0.2) is 17.4 Å². The average molecular weight is 307 g/mol. The van der Waals surface area contributed by atoms with E-state index in [1.165, 1.54) is 6.26 Å². The first-order valence-electron chi connectivity index (χ1n) is 6.77. The lowest BCUT2D eigenvalue weighted by molar-refractivity contribution is -0.120. The molecule has 0 spiro atoms. The van der Waals surface area contributed by atoms with Crippen molar-refractivity contribution in [2.75, 3.05) is 0 Å². The number of benzene rings is 1. The second kappa shape index (κ2) is 5.07. The SMILES string of the molecule is NC(=O)CC1(NC(=O)c2ccc(Cl)c3occc23)CCC1. The standard InChI is InChI=1S/C15H15ClN2O3/c16-11-3-2-10(9-4-7-21-13(9)11)14(20)18-15(5-1-6-15)8-12(17)19/h2-4,7H,1,5-6,8H2,(H2,17,19)(H,18,20). The van der Waals surface area contributed by atoms with Crippen molar-refractivity contribution in [2.45, 2.75) is 31.2 Å². The monoisotopic (exact) mass is 306 g/mol. The normalized spacial score (nSPS) is 16.4. The summed E-state index contributed by atoms with van der Waals surface area (Å²) in [6.07, 6.45) is 4.18. The van der Waals surface area contributed by atoms with Crippen LogP contribution in [0.15, 0.2) is 28.9 Å². The van der Waals surface area contributed by atoms with Crippen LogP contribution in [0.4, 0.5) is 0 Å². The third-order valence-corrected chi connectivity index (χ3v) is 4.31. The van der Waals surface area contributed by atoms with E-state index in [0.29, 0.717) is 21.6 Å². The van der Waals surface area contributed by atoms with E-state index in [1.54, 1.807) is 18.2 Å². The second-order valence-electron chi connectivity index (χ2n) is 5.49. The number of furan rings is 1. The Morgan fingerprint density at radius 3 is 2.71 bits per heavy atom. The fourth-order valence-electron chi connectivity index (χ4n) is 2.82. The molecule has 1 saturated carbocycles. The van der Waals surface area contributed by atoms with Crippen molar-refractivity contribution in [3.05, 3.63) is 35.0 Å². The minimum atomic E-state index is -0.501. The van der Waals surface area contributed by atoms with Crippen molar-refractivity contribution in [3.63, 3.8) is 0 Å². The van der Waals surface area contributed by atoms with Crippen LogP contribution in [0.5, 0.6) is 0 Å². The smallest absolute Gasteiger partial charge is 0.252 e. The summed E-state index contributed by atoms with van der Waals surface area (Å²) in [6, 6.07) is 4.99. The molecule has 2 aromatic rings. The number of amides is 2. The Hall–Kier alpha value is -2.01. The van der Waals surface area contributed by atoms with Crippen molar-refractivity contribution >= 4 is 34.4 Å². The van der Waals surface area contributed by atoms with E-state index in [0.717, 1.165) is 19.3 Å². The Morgan fingerprint density at radius 1 is 1.33 bits per heavy atom. The van der Waals surface area contributed by atoms with Crippen molar-refractivity contribution in [1.29, 1.82) is 0 Å². The van der Waals surface area contributed by atoms with Crippen LogP contribution in [0.25, 0.3) is 11.0 Å². The molecular formula is C15H15ClN2O3. The molecular weight excluding hydrogens is 292 g/mol. The lowest BCUT2D eigenvalue weighted by atomic mass is 9.74. The summed E-state index contributed by atoms with van der Waals surface area (Å²) in [5.41, 5.74) is 5.75. The topological polar surface area (TPSA) is 85.3 Å². The van der Waals surface area contributed by atoms with Gasteiger partial charge in [0.1, 0.15) is 0 Å². The van der Waals surface area contributed by atoms with Crippen molar-refractivity contribution in [2.24, 2.45) is 5.73 Å². The fourth-order valence-corrected chi connectivity index (χ4v) is 3.03. The molecule has 0 radical (unpaired) electrons. The van der Waals surface area contributed by atoms with Gasteiger partial charge in [0, 0.05) is 17.3 Å². The summed E-state index contributed by atoms with van der Waals surface area (Å²) >= 11 is 6.03. The molecule has 1 fully saturated rings. The first-order chi connectivity index (χ1) is 10.0. The van der Waals surface area contributed by atoms with Gasteiger partial charge in [0.05, 0.1) is 16.8 Å². The fraction of sp³-hybridized carbons (Fsp3) is 0.333. The molecule has 1 aliphatic rings. The van der Waals surface area contributed by atoms with Gasteiger partial charge in [0.15, 0.2) is 5.58 Å². The van der Waals surface area contributed by atoms with E-state index in [1.807, 2.05) is 0 Å². The van der Waals surface area contributed by atoms with Crippen molar-refractivity contribution < 1.29 is 14.0 Å². The Bertz CT molecular complexity index is 719. The predicted molar refractivity (Wildman–Crippen MR) is 79.1 cm³/mol. The van der Waals surface area contributed by atoms with Gasteiger partial charge in [-0.1, -0.05) is 11.6 Å². The van der Waals surface area contributed by atoms with Gasteiger partial charge in [-0.05, 0) is 37.5 Å². The first kappa shape index (κ1) is 13.9. The van der Waals surface area contributed by atoms with Gasteiger partial charge in [-0.2, -0.15) is 0 Å². The number of carbonyl (C=O) groups excluding carboxylic acids is 2. The molecule has 2 amide bonds. The van der Waals surface area contributed by atoms with Gasteiger partial charge in [-0.25, -0.2) is 0 Å². The zero-order valence-corrected chi connectivity index (χ0v) is 12.1. The summed E-state index contributed by atoms with van der Waals surface area (Å²) in [7, 11) is 0. The molecule has 6 heteroatoms. The zero-order chi connectivity index (χ0) is 15.0. The van der Waals surface area contributed by atoms with E-state index in [4.69, 9.17) is 21.8 Å². The number of hydrogen-bond acceptors (Lipinski definition) is 3. The van der Waals surface area contributed by atoms with Gasteiger partial charge in [-0.3, -0.25) is 9.59 Å². The molecule has 1 aromatic carbocycles. The second-order valence-corrected chi connectivity index (χ2v) is 5.90. The van der Waals surface area contributed by atoms with Crippen molar-refractivity contribution in [3.8, 4) is 0 Å². The molecule has 1 aromatic heterocycles. The summed E-state index contributed by atoms with van der Waals surface area (Å²) in [6.45, 7) is 0. The van der Waals surface area contributed by atoms with Gasteiger partial charge in [0.2, 0.25) is 5.91 Å². The Kier molecular flexibility index (Phi) is 3.37. The van der Waals surface area contributed by atoms with E-state index >= 15 is 0 Å². The Morgan fingerprint density at radius 2 is 2.10 bits per heavy atom. The molecule has 21 heavy (non-hydrogen) atoms. The molecule has 0 saturated heterocycles. The molecule has 0 unspecified atom stereocenters. The number of nitrogens with one attached hydrogen (secondary N) is 1. The molecule has 3 rings (SSSR count). The quantitative estimate of drug-likeness (QED) is 0.910. The number of primary amides is 1. The van der Waals surface area contributed by atoms with Crippen LogP contribution in [0.3, 0.4) is 0 Å². The number of carbonyl (C=O) groups is 2. The van der Waals surface area contributed by atoms with Gasteiger partial charge in [0.25, 0.3) is 5.91 Å². The molecule has 0 bridgehead atoms. The van der Waals surface area contributed by atoms with Gasteiger partial charge in [-0.15, -0.1) is 0 Å². The number of rotatable bonds is 4. The highest BCUT2D eigenvalue weighted by Crippen LogP contribution is 2.35. The lowest BCUT2D eigenvalue weighted by Crippen LogP contribution is -2.55. The van der Waals surface area contributed by atoms with E-state index in [-0.39, 0.29) is 12.3 Å². The molecule has 3 N–H and O–H groups in total. The van der Waals surface area contributed by atoms with Gasteiger partial charge >= 0.3 is 0 Å². The number of hydrogen-bond donors (Lipinski definition) is 2. The number of halogens is 1. The van der Waals surface area contributed by atoms with Crippen LogP contribution >= 0.6 is 11.6 Å². The highest BCUT2D eigenvalue weighted by atomic mass is 35.5. The predicted octanol–water partition coefficient (Wildman–Crippen LogP) is 2.61. The Balaban J connectivity index is 1.89. The van der Waals surface area contributed by atoms with Crippen molar-refractivity contribution in [1.82, 2.24) is 5.32 Å². The highest BCUT2D eigenvalue weighted by Gasteiger charge is 2.40. The molecule has 1 heterocycles. The molecule has 5 nitrogen and oxygen atoms in total. The molecule has 110 valence electrons. The summed E-state index contributed by atoms with van der Waals surface area (Å²) < 4.78 is 5.29. The van der Waals surface area contributed by atoms with E-state index in [2.05, 4.69) is 5.32 Å². The number of fused-ring (bicyclic) bond motifs is 1. The summed E-state index contributed by atoms with van der Waals surface area (Å²) in [5.74, 6) is -0.640. The third kappa shape index (κ3) is 2.49. The Labute approximate surface area is 126 Å². The summed E-state index contributed by atoms with van der Waals surface area (Å²) in [4.78, 5) is 23.7. The maximum atomic E-state index is 12.5. The number of nitrogens with two attached hydrogens (primary N) is 1. The largest absolute Gasteiger partial charge is 0.463 e. The molecule has 0 aliphatic heterocycles. The van der Waals surface area contributed by atoms with E-state index < -0.39 is 11.4 Å². The lowest BCUT2D eigenvalue weighted by Gasteiger charge is -2.41. The average Bonchev–Trinajstić information content (AvgIpc) is 2.85. The molecule has 1 aliphatic carbocycles. The zero-order valence-electron chi connectivity index (χ0n) is 11.3. The van der Waals surface area contributed by atoms with Crippen LogP contribution < -0.4 is 11.1 Å². The highest BCUT2D eigenvalue weighted by molar-refractivity contribution is 6.35. The minimum Gasteiger partial charge on any atom is -0.463 e. The first-order valence-corrected chi connectivity index (χ1v) is 7.15. The maximum absolute atomic E-state index is 12.5. The van der Waals surface area contributed by atoms with Crippen LogP contribution in [-0.2, 0) is 4.79 Å². The van der Waals surface area contributed by atoms with Crippen LogP contribution in [0, 0.1) is 0 Å². The van der Waals surface area contributed by atoms with Crippen LogP contribution in [0.2, 0.25) is 5.02 Å². The molecule has 0 atom stereocenters.